The minimum absolute atomic E-state index is 0.0267. The van der Waals surface area contributed by atoms with Crippen LogP contribution in [0.2, 0.25) is 0 Å². The number of anilines is 1. The number of rotatable bonds is 5. The van der Waals surface area contributed by atoms with Gasteiger partial charge in [0.1, 0.15) is 5.82 Å². The topological polar surface area (TPSA) is 48.9 Å². The van der Waals surface area contributed by atoms with Gasteiger partial charge in [0.15, 0.2) is 5.11 Å². The molecule has 0 aromatic heterocycles. The average Bonchev–Trinajstić information content (AvgIpc) is 2.70. The summed E-state index contributed by atoms with van der Waals surface area (Å²) in [6, 6.07) is 16.6. The van der Waals surface area contributed by atoms with Crippen molar-refractivity contribution in [3.05, 3.63) is 66.0 Å². The number of hydrazone groups is 1. The number of ether oxygens (including phenoxy) is 1. The van der Waals surface area contributed by atoms with Crippen LogP contribution in [0.3, 0.4) is 0 Å². The van der Waals surface area contributed by atoms with Crippen molar-refractivity contribution < 1.29 is 9.13 Å². The van der Waals surface area contributed by atoms with Crippen LogP contribution in [0.1, 0.15) is 18.5 Å². The van der Waals surface area contributed by atoms with Gasteiger partial charge in [-0.05, 0) is 36.8 Å². The Morgan fingerprint density at radius 2 is 1.78 bits per heavy atom. The van der Waals surface area contributed by atoms with Gasteiger partial charge in [-0.25, -0.2) is 4.39 Å². The maximum Gasteiger partial charge on any atom is 0.191 e. The molecule has 2 aromatic carbocycles. The Balaban J connectivity index is 1.72. The van der Waals surface area contributed by atoms with Gasteiger partial charge in [0.05, 0.1) is 30.7 Å². The number of benzene rings is 2. The standard InChI is InChI=1S/C20H23FN4OS/c1-15(23-24-20(27)22-18-10-6-5-9-17(18)21)19(16-7-3-2-4-8-16)25-11-13-26-14-12-25/h2-10,19H,11-14H2,1H3,(H2,22,24,27)/b23-15-/t19-/m1/s1. The average molecular weight is 386 g/mol. The fraction of sp³-hybridized carbons (Fsp3) is 0.300. The van der Waals surface area contributed by atoms with E-state index >= 15 is 0 Å². The molecule has 3 rings (SSSR count). The molecule has 0 spiro atoms. The van der Waals surface area contributed by atoms with Gasteiger partial charge in [-0.15, -0.1) is 0 Å². The first kappa shape index (κ1) is 19.4. The molecule has 0 radical (unpaired) electrons. The zero-order valence-electron chi connectivity index (χ0n) is 15.2. The summed E-state index contributed by atoms with van der Waals surface area (Å²) >= 11 is 5.24. The van der Waals surface area contributed by atoms with E-state index in [4.69, 9.17) is 17.0 Å². The molecule has 5 nitrogen and oxygen atoms in total. The van der Waals surface area contributed by atoms with E-state index in [1.807, 2.05) is 25.1 Å². The van der Waals surface area contributed by atoms with Crippen LogP contribution in [0.25, 0.3) is 0 Å². The Hall–Kier alpha value is -2.35. The van der Waals surface area contributed by atoms with E-state index in [0.717, 1.165) is 24.4 Å². The highest BCUT2D eigenvalue weighted by molar-refractivity contribution is 7.80. The van der Waals surface area contributed by atoms with E-state index < -0.39 is 0 Å². The second kappa shape index (κ2) is 9.55. The Bertz CT molecular complexity index is 794. The van der Waals surface area contributed by atoms with Crippen molar-refractivity contribution in [1.29, 1.82) is 0 Å². The fourth-order valence-electron chi connectivity index (χ4n) is 3.10. The number of hydrogen-bond donors (Lipinski definition) is 2. The number of nitrogens with zero attached hydrogens (tertiary/aromatic N) is 2. The predicted octanol–water partition coefficient (Wildman–Crippen LogP) is 3.56. The van der Waals surface area contributed by atoms with Gasteiger partial charge >= 0.3 is 0 Å². The third-order valence-electron chi connectivity index (χ3n) is 4.38. The summed E-state index contributed by atoms with van der Waals surface area (Å²) in [6.45, 7) is 5.05. The Kier molecular flexibility index (Phi) is 6.86. The van der Waals surface area contributed by atoms with E-state index in [-0.39, 0.29) is 17.0 Å². The molecule has 1 aliphatic heterocycles. The number of morpholine rings is 1. The zero-order chi connectivity index (χ0) is 19.1. The quantitative estimate of drug-likeness (QED) is 0.467. The second-order valence-corrected chi connectivity index (χ2v) is 6.67. The highest BCUT2D eigenvalue weighted by Crippen LogP contribution is 2.23. The summed E-state index contributed by atoms with van der Waals surface area (Å²) in [6.07, 6.45) is 0. The smallest absolute Gasteiger partial charge is 0.191 e. The van der Waals surface area contributed by atoms with Crippen molar-refractivity contribution in [2.45, 2.75) is 13.0 Å². The number of para-hydroxylation sites is 1. The third kappa shape index (κ3) is 5.32. The molecule has 2 N–H and O–H groups in total. The molecular formula is C20H23FN4OS. The molecule has 0 aliphatic carbocycles. The van der Waals surface area contributed by atoms with E-state index in [9.17, 15) is 4.39 Å². The summed E-state index contributed by atoms with van der Waals surface area (Å²) in [5.41, 5.74) is 5.18. The summed E-state index contributed by atoms with van der Waals surface area (Å²) in [5, 5.41) is 7.53. The summed E-state index contributed by atoms with van der Waals surface area (Å²) in [5.74, 6) is -0.363. The van der Waals surface area contributed by atoms with E-state index in [1.165, 1.54) is 6.07 Å². The molecule has 27 heavy (non-hydrogen) atoms. The molecule has 0 amide bonds. The van der Waals surface area contributed by atoms with Crippen LogP contribution < -0.4 is 10.7 Å². The normalized spacial score (nSPS) is 16.6. The lowest BCUT2D eigenvalue weighted by atomic mass is 10.0. The number of hydrogen-bond acceptors (Lipinski definition) is 4. The summed E-state index contributed by atoms with van der Waals surface area (Å²) < 4.78 is 19.2. The zero-order valence-corrected chi connectivity index (χ0v) is 16.0. The molecule has 2 aromatic rings. The van der Waals surface area contributed by atoms with Gasteiger partial charge in [0.2, 0.25) is 0 Å². The van der Waals surface area contributed by atoms with E-state index in [1.54, 1.807) is 18.2 Å². The maximum absolute atomic E-state index is 13.7. The Morgan fingerprint density at radius 1 is 1.11 bits per heavy atom. The number of thiocarbonyl (C=S) groups is 1. The molecule has 142 valence electrons. The summed E-state index contributed by atoms with van der Waals surface area (Å²) in [7, 11) is 0. The lowest BCUT2D eigenvalue weighted by Gasteiger charge is -2.34. The Labute approximate surface area is 164 Å². The van der Waals surface area contributed by atoms with Crippen LogP contribution in [-0.4, -0.2) is 42.0 Å². The predicted molar refractivity (Wildman–Crippen MR) is 110 cm³/mol. The largest absolute Gasteiger partial charge is 0.379 e. The van der Waals surface area contributed by atoms with Crippen LogP contribution in [0.5, 0.6) is 0 Å². The molecule has 1 saturated heterocycles. The van der Waals surface area contributed by atoms with Crippen molar-refractivity contribution in [3.63, 3.8) is 0 Å². The van der Waals surface area contributed by atoms with E-state index in [2.05, 4.69) is 32.9 Å². The third-order valence-corrected chi connectivity index (χ3v) is 4.57. The van der Waals surface area contributed by atoms with Crippen molar-refractivity contribution >= 4 is 28.7 Å². The highest BCUT2D eigenvalue weighted by atomic mass is 32.1. The molecule has 0 saturated carbocycles. The molecule has 0 unspecified atom stereocenters. The van der Waals surface area contributed by atoms with Gasteiger partial charge in [0.25, 0.3) is 0 Å². The molecule has 1 heterocycles. The minimum atomic E-state index is -0.363. The van der Waals surface area contributed by atoms with Crippen molar-refractivity contribution in [2.75, 3.05) is 31.6 Å². The SMILES string of the molecule is C/C(=N/NC(=S)Nc1ccccc1F)[C@H](c1ccccc1)N1CCOCC1. The van der Waals surface area contributed by atoms with Crippen LogP contribution in [0.4, 0.5) is 10.1 Å². The number of nitrogens with one attached hydrogen (secondary N) is 2. The van der Waals surface area contributed by atoms with Crippen molar-refractivity contribution in [2.24, 2.45) is 5.10 Å². The van der Waals surface area contributed by atoms with E-state index in [0.29, 0.717) is 18.9 Å². The molecule has 7 heteroatoms. The first-order valence-electron chi connectivity index (χ1n) is 8.87. The lowest BCUT2D eigenvalue weighted by molar-refractivity contribution is 0.0285. The summed E-state index contributed by atoms with van der Waals surface area (Å²) in [4.78, 5) is 2.34. The van der Waals surface area contributed by atoms with Crippen LogP contribution in [-0.2, 0) is 4.74 Å². The molecule has 0 bridgehead atoms. The Morgan fingerprint density at radius 3 is 2.48 bits per heavy atom. The van der Waals surface area contributed by atoms with Crippen molar-refractivity contribution in [1.82, 2.24) is 10.3 Å². The van der Waals surface area contributed by atoms with Gasteiger partial charge in [-0.3, -0.25) is 10.3 Å². The highest BCUT2D eigenvalue weighted by Gasteiger charge is 2.25. The molecule has 1 fully saturated rings. The fourth-order valence-corrected chi connectivity index (χ4v) is 3.26. The first-order chi connectivity index (χ1) is 13.1. The number of halogens is 1. The van der Waals surface area contributed by atoms with Gasteiger partial charge in [-0.1, -0.05) is 42.5 Å². The minimum Gasteiger partial charge on any atom is -0.379 e. The second-order valence-electron chi connectivity index (χ2n) is 6.26. The molecule has 1 atom stereocenters. The van der Waals surface area contributed by atoms with Crippen LogP contribution in [0, 0.1) is 5.82 Å². The molecule has 1 aliphatic rings. The monoisotopic (exact) mass is 386 g/mol. The first-order valence-corrected chi connectivity index (χ1v) is 9.28. The van der Waals surface area contributed by atoms with Gasteiger partial charge < -0.3 is 10.1 Å². The van der Waals surface area contributed by atoms with Crippen LogP contribution >= 0.6 is 12.2 Å². The lowest BCUT2D eigenvalue weighted by Crippen LogP contribution is -2.42. The van der Waals surface area contributed by atoms with Crippen LogP contribution in [0.15, 0.2) is 59.7 Å². The molecular weight excluding hydrogens is 363 g/mol. The maximum atomic E-state index is 13.7. The van der Waals surface area contributed by atoms with Gasteiger partial charge in [0, 0.05) is 13.1 Å². The van der Waals surface area contributed by atoms with Gasteiger partial charge in [-0.2, -0.15) is 5.10 Å². The van der Waals surface area contributed by atoms with Crippen molar-refractivity contribution in [3.8, 4) is 0 Å².